The fourth-order valence-corrected chi connectivity index (χ4v) is 3.89. The molecule has 2 aliphatic rings. The first-order chi connectivity index (χ1) is 12.2. The lowest BCUT2D eigenvalue weighted by Crippen LogP contribution is -2.51. The van der Waals surface area contributed by atoms with Crippen LogP contribution < -0.4 is 18.8 Å². The molecule has 0 spiro atoms. The summed E-state index contributed by atoms with van der Waals surface area (Å²) >= 11 is 0. The van der Waals surface area contributed by atoms with E-state index in [2.05, 4.69) is 5.32 Å². The number of esters is 1. The molecule has 0 aromatic heterocycles. The second-order valence-electron chi connectivity index (χ2n) is 5.63. The number of carbonyl (C=O) groups excluding carboxylic acids is 2. The summed E-state index contributed by atoms with van der Waals surface area (Å²) in [6.07, 6.45) is -0.240. The number of fused-ring (bicyclic) bond motifs is 1. The Labute approximate surface area is 150 Å². The van der Waals surface area contributed by atoms with Crippen LogP contribution in [-0.4, -0.2) is 52.5 Å². The van der Waals surface area contributed by atoms with Gasteiger partial charge < -0.3 is 20.1 Å². The van der Waals surface area contributed by atoms with Gasteiger partial charge in [0.15, 0.2) is 0 Å². The predicted octanol–water partition coefficient (Wildman–Crippen LogP) is -0.524. The molecule has 2 N–H and O–H groups in total. The summed E-state index contributed by atoms with van der Waals surface area (Å²) in [4.78, 5) is 25.1. The van der Waals surface area contributed by atoms with E-state index < -0.39 is 28.4 Å². The van der Waals surface area contributed by atoms with E-state index in [0.717, 1.165) is 8.61 Å². The lowest BCUT2D eigenvalue weighted by Gasteiger charge is -2.31. The van der Waals surface area contributed by atoms with Crippen LogP contribution in [0.15, 0.2) is 30.0 Å². The Kier molecular flexibility index (Phi) is 4.28. The van der Waals surface area contributed by atoms with Crippen LogP contribution in [-0.2, 0) is 24.5 Å². The molecule has 1 aromatic carbocycles. The van der Waals surface area contributed by atoms with Crippen molar-refractivity contribution in [2.24, 2.45) is 0 Å². The van der Waals surface area contributed by atoms with Gasteiger partial charge in [-0.3, -0.25) is 13.4 Å². The molecule has 2 heterocycles. The van der Waals surface area contributed by atoms with Crippen molar-refractivity contribution >= 4 is 39.1 Å². The van der Waals surface area contributed by atoms with Crippen LogP contribution in [0, 0.1) is 0 Å². The number of carbonyl (C=O) groups is 2. The van der Waals surface area contributed by atoms with Crippen molar-refractivity contribution in [3.05, 3.63) is 30.0 Å². The van der Waals surface area contributed by atoms with Gasteiger partial charge >= 0.3 is 16.2 Å². The predicted molar refractivity (Wildman–Crippen MR) is 93.5 cm³/mol. The Balaban J connectivity index is 2.03. The Bertz CT molecular complexity index is 913. The molecule has 2 aliphatic heterocycles. The van der Waals surface area contributed by atoms with Crippen molar-refractivity contribution in [3.63, 3.8) is 0 Å². The fourth-order valence-electron chi connectivity index (χ4n) is 2.73. The quantitative estimate of drug-likeness (QED) is 0.533. The molecule has 3 rings (SSSR count). The Hall–Kier alpha value is -2.79. The summed E-state index contributed by atoms with van der Waals surface area (Å²) in [6, 6.07) is 4.69. The number of amides is 1. The van der Waals surface area contributed by atoms with E-state index in [1.807, 2.05) is 0 Å². The zero-order chi connectivity index (χ0) is 19.2. The fraction of sp³-hybridized carbons (Fsp3) is 0.333. The van der Waals surface area contributed by atoms with E-state index in [1.165, 1.54) is 31.3 Å². The van der Waals surface area contributed by atoms with E-state index in [9.17, 15) is 23.1 Å². The highest BCUT2D eigenvalue weighted by Gasteiger charge is 2.37. The van der Waals surface area contributed by atoms with Crippen molar-refractivity contribution in [3.8, 4) is 0 Å². The maximum Gasteiger partial charge on any atom is 0.345 e. The van der Waals surface area contributed by atoms with Crippen LogP contribution >= 0.6 is 0 Å². The molecule has 1 unspecified atom stereocenters. The zero-order valence-electron chi connectivity index (χ0n) is 14.3. The highest BCUT2D eigenvalue weighted by Crippen LogP contribution is 2.41. The summed E-state index contributed by atoms with van der Waals surface area (Å²) in [5, 5.41) is 12.4. The first-order valence-electron chi connectivity index (χ1n) is 7.71. The van der Waals surface area contributed by atoms with Crippen molar-refractivity contribution in [2.45, 2.75) is 13.3 Å². The summed E-state index contributed by atoms with van der Waals surface area (Å²) in [5.74, 6) is -1.57. The maximum absolute atomic E-state index is 12.2. The third-order valence-corrected chi connectivity index (χ3v) is 5.94. The van der Waals surface area contributed by atoms with Gasteiger partial charge in [-0.1, -0.05) is 0 Å². The Morgan fingerprint density at radius 3 is 2.58 bits per heavy atom. The molecule has 0 radical (unpaired) electrons. The number of hydrogen-bond acceptors (Lipinski definition) is 7. The number of benzene rings is 1. The third kappa shape index (κ3) is 2.65. The van der Waals surface area contributed by atoms with Crippen molar-refractivity contribution in [2.75, 3.05) is 34.2 Å². The number of nitrogens with one attached hydrogen (secondary N) is 1. The van der Waals surface area contributed by atoms with E-state index in [1.54, 1.807) is 19.1 Å². The molecule has 1 amide bonds. The third-order valence-electron chi connectivity index (χ3n) is 4.16. The minimum atomic E-state index is -3.64. The monoisotopic (exact) mass is 382 g/mol. The Morgan fingerprint density at radius 1 is 1.27 bits per heavy atom. The second kappa shape index (κ2) is 6.18. The average molecular weight is 382 g/mol. The molecule has 0 fully saturated rings. The van der Waals surface area contributed by atoms with Gasteiger partial charge in [-0.25, -0.2) is 4.79 Å². The topological polar surface area (TPSA) is 119 Å². The zero-order valence-corrected chi connectivity index (χ0v) is 15.1. The lowest BCUT2D eigenvalue weighted by molar-refractivity contribution is -0.141. The van der Waals surface area contributed by atoms with Crippen molar-refractivity contribution in [1.29, 1.82) is 0 Å². The average Bonchev–Trinajstić information content (AvgIpc) is 2.75. The minimum Gasteiger partial charge on any atom is -0.462 e. The largest absolute Gasteiger partial charge is 0.462 e. The number of hydrogen-bond donors (Lipinski definition) is 2. The number of rotatable bonds is 3. The second-order valence-corrected chi connectivity index (χ2v) is 7.62. The summed E-state index contributed by atoms with van der Waals surface area (Å²) < 4.78 is 31.5. The molecular formula is C15H18N4O6S. The molecule has 0 aliphatic carbocycles. The smallest absolute Gasteiger partial charge is 0.345 e. The molecule has 140 valence electrons. The standard InChI is InChI=1S/C15H18N4O6S/c1-4-25-14(21)10-8-19(15(22)16-13(10)20)9-5-6-11-12(7-9)18(3)26(23,24)17(11)2/h5-8,15,22H,4H2,1-3H3,(H,16,20). The van der Waals surface area contributed by atoms with Gasteiger partial charge in [0.05, 0.1) is 18.0 Å². The Morgan fingerprint density at radius 2 is 1.92 bits per heavy atom. The summed E-state index contributed by atoms with van der Waals surface area (Å²) in [6.45, 7) is 1.71. The highest BCUT2D eigenvalue weighted by atomic mass is 32.2. The molecule has 0 bridgehead atoms. The minimum absolute atomic E-state index is 0.0971. The number of nitrogens with zero attached hydrogens (tertiary/aromatic N) is 3. The molecule has 10 nitrogen and oxygen atoms in total. The SMILES string of the molecule is CCOC(=O)C1=CN(c2ccc3c(c2)N(C)S(=O)(=O)N3C)C(O)NC1=O. The van der Waals surface area contributed by atoms with Crippen LogP contribution in [0.3, 0.4) is 0 Å². The van der Waals surface area contributed by atoms with Gasteiger partial charge in [-0.15, -0.1) is 0 Å². The van der Waals surface area contributed by atoms with Crippen LogP contribution in [0.4, 0.5) is 17.1 Å². The number of aliphatic hydroxyl groups is 1. The van der Waals surface area contributed by atoms with Crippen molar-refractivity contribution < 1.29 is 27.9 Å². The van der Waals surface area contributed by atoms with E-state index >= 15 is 0 Å². The molecule has 1 atom stereocenters. The van der Waals surface area contributed by atoms with Gasteiger partial charge in [0.25, 0.3) is 5.91 Å². The molecular weight excluding hydrogens is 364 g/mol. The first-order valence-corrected chi connectivity index (χ1v) is 9.11. The van der Waals surface area contributed by atoms with Gasteiger partial charge in [0.1, 0.15) is 5.57 Å². The van der Waals surface area contributed by atoms with Gasteiger partial charge in [-0.2, -0.15) is 8.42 Å². The summed E-state index contributed by atoms with van der Waals surface area (Å²) in [5.41, 5.74) is 0.993. The number of anilines is 3. The number of aliphatic hydroxyl groups excluding tert-OH is 1. The number of ether oxygens (including phenoxy) is 1. The van der Waals surface area contributed by atoms with Gasteiger partial charge in [0, 0.05) is 26.0 Å². The van der Waals surface area contributed by atoms with Crippen molar-refractivity contribution in [1.82, 2.24) is 5.32 Å². The van der Waals surface area contributed by atoms with Crippen LogP contribution in [0.2, 0.25) is 0 Å². The van der Waals surface area contributed by atoms with E-state index in [4.69, 9.17) is 4.74 Å². The van der Waals surface area contributed by atoms with E-state index in [-0.39, 0.29) is 12.2 Å². The van der Waals surface area contributed by atoms with Crippen LogP contribution in [0.5, 0.6) is 0 Å². The highest BCUT2D eigenvalue weighted by molar-refractivity contribution is 7.94. The summed E-state index contributed by atoms with van der Waals surface area (Å²) in [7, 11) is -0.789. The van der Waals surface area contributed by atoms with Crippen LogP contribution in [0.25, 0.3) is 0 Å². The molecule has 0 saturated heterocycles. The molecule has 1 aromatic rings. The lowest BCUT2D eigenvalue weighted by atomic mass is 10.2. The molecule has 0 saturated carbocycles. The normalized spacial score (nSPS) is 21.2. The van der Waals surface area contributed by atoms with E-state index in [0.29, 0.717) is 17.1 Å². The maximum atomic E-state index is 12.2. The van der Waals surface area contributed by atoms with Gasteiger partial charge in [0.2, 0.25) is 6.35 Å². The first kappa shape index (κ1) is 18.0. The molecule has 26 heavy (non-hydrogen) atoms. The van der Waals surface area contributed by atoms with Crippen LogP contribution in [0.1, 0.15) is 6.92 Å². The van der Waals surface area contributed by atoms with Gasteiger partial charge in [-0.05, 0) is 25.1 Å². The molecule has 11 heteroatoms.